The third-order valence-corrected chi connectivity index (χ3v) is 3.06. The summed E-state index contributed by atoms with van der Waals surface area (Å²) in [7, 11) is 0. The summed E-state index contributed by atoms with van der Waals surface area (Å²) >= 11 is 0. The zero-order chi connectivity index (χ0) is 15.6. The maximum Gasteiger partial charge on any atom is 0.416 e. The molecule has 0 saturated heterocycles. The predicted octanol–water partition coefficient (Wildman–Crippen LogP) is 4.90. The molecule has 21 heavy (non-hydrogen) atoms. The van der Waals surface area contributed by atoms with Gasteiger partial charge in [0.05, 0.1) is 5.56 Å². The lowest BCUT2D eigenvalue weighted by Crippen LogP contribution is -2.09. The summed E-state index contributed by atoms with van der Waals surface area (Å²) in [5.74, 6) is -2.00. The van der Waals surface area contributed by atoms with Gasteiger partial charge in [0, 0.05) is 17.8 Å². The normalized spacial score (nSPS) is 11.5. The van der Waals surface area contributed by atoms with Gasteiger partial charge in [0.25, 0.3) is 0 Å². The van der Waals surface area contributed by atoms with Crippen molar-refractivity contribution in [1.82, 2.24) is 0 Å². The number of hydrogen-bond acceptors (Lipinski definition) is 1. The topological polar surface area (TPSA) is 12.0 Å². The molecule has 0 aliphatic carbocycles. The number of halogens is 5. The van der Waals surface area contributed by atoms with Crippen molar-refractivity contribution in [2.75, 3.05) is 5.32 Å². The maximum absolute atomic E-state index is 13.4. The summed E-state index contributed by atoms with van der Waals surface area (Å²) in [6.07, 6.45) is -4.45. The Bertz CT molecular complexity index is 649. The fourth-order valence-corrected chi connectivity index (χ4v) is 1.92. The molecule has 6 heteroatoms. The minimum absolute atomic E-state index is 0.0455. The third kappa shape index (κ3) is 3.51. The molecule has 0 bridgehead atoms. The van der Waals surface area contributed by atoms with Crippen LogP contribution < -0.4 is 5.32 Å². The van der Waals surface area contributed by atoms with Crippen molar-refractivity contribution in [2.24, 2.45) is 0 Å². The number of anilines is 1. The van der Waals surface area contributed by atoms with Gasteiger partial charge in [0.1, 0.15) is 0 Å². The number of nitrogens with one attached hydrogen (secondary N) is 1. The van der Waals surface area contributed by atoms with E-state index in [4.69, 9.17) is 0 Å². The zero-order valence-electron chi connectivity index (χ0n) is 11.1. The van der Waals surface area contributed by atoms with Crippen LogP contribution >= 0.6 is 0 Å². The Hall–Kier alpha value is -2.11. The van der Waals surface area contributed by atoms with Crippen LogP contribution in [0.5, 0.6) is 0 Å². The minimum atomic E-state index is -4.45. The van der Waals surface area contributed by atoms with E-state index in [1.807, 2.05) is 0 Å². The lowest BCUT2D eigenvalue weighted by Gasteiger charge is -2.13. The van der Waals surface area contributed by atoms with E-state index in [0.717, 1.165) is 12.1 Å². The van der Waals surface area contributed by atoms with Gasteiger partial charge in [-0.25, -0.2) is 8.78 Å². The molecule has 2 aromatic rings. The molecule has 1 nitrogen and oxygen atoms in total. The summed E-state index contributed by atoms with van der Waals surface area (Å²) in [5.41, 5.74) is -0.419. The summed E-state index contributed by atoms with van der Waals surface area (Å²) in [6, 6.07) is 7.42. The molecule has 0 amide bonds. The van der Waals surface area contributed by atoms with Gasteiger partial charge in [-0.2, -0.15) is 13.2 Å². The first-order valence-corrected chi connectivity index (χ1v) is 6.13. The van der Waals surface area contributed by atoms with Crippen LogP contribution in [0, 0.1) is 18.6 Å². The van der Waals surface area contributed by atoms with Crippen LogP contribution in [0.1, 0.15) is 16.7 Å². The molecule has 0 aromatic heterocycles. The molecule has 2 rings (SSSR count). The summed E-state index contributed by atoms with van der Waals surface area (Å²) in [5, 5.41) is 2.66. The Morgan fingerprint density at radius 1 is 1.05 bits per heavy atom. The Labute approximate surface area is 118 Å². The van der Waals surface area contributed by atoms with Gasteiger partial charge in [-0.1, -0.05) is 18.2 Å². The Kier molecular flexibility index (Phi) is 4.16. The van der Waals surface area contributed by atoms with Crippen molar-refractivity contribution in [3.63, 3.8) is 0 Å². The SMILES string of the molecule is Cc1ccc(NCc2cccc(F)c2F)cc1C(F)(F)F. The smallest absolute Gasteiger partial charge is 0.381 e. The highest BCUT2D eigenvalue weighted by Gasteiger charge is 2.32. The molecule has 0 aliphatic rings. The van der Waals surface area contributed by atoms with Crippen molar-refractivity contribution in [1.29, 1.82) is 0 Å². The first kappa shape index (κ1) is 15.3. The average Bonchev–Trinajstić information content (AvgIpc) is 2.40. The van der Waals surface area contributed by atoms with Gasteiger partial charge in [0.15, 0.2) is 11.6 Å². The fourth-order valence-electron chi connectivity index (χ4n) is 1.92. The lowest BCUT2D eigenvalue weighted by molar-refractivity contribution is -0.138. The molecule has 2 aromatic carbocycles. The van der Waals surface area contributed by atoms with E-state index in [-0.39, 0.29) is 23.4 Å². The van der Waals surface area contributed by atoms with Gasteiger partial charge in [0.2, 0.25) is 0 Å². The Balaban J connectivity index is 2.19. The second kappa shape index (κ2) is 5.71. The van der Waals surface area contributed by atoms with E-state index in [9.17, 15) is 22.0 Å². The number of aryl methyl sites for hydroxylation is 1. The molecular weight excluding hydrogens is 289 g/mol. The van der Waals surface area contributed by atoms with Gasteiger partial charge < -0.3 is 5.32 Å². The van der Waals surface area contributed by atoms with Gasteiger partial charge in [-0.05, 0) is 30.7 Å². The number of alkyl halides is 3. The van der Waals surface area contributed by atoms with Crippen molar-refractivity contribution < 1.29 is 22.0 Å². The number of benzene rings is 2. The largest absolute Gasteiger partial charge is 0.416 e. The van der Waals surface area contributed by atoms with Crippen LogP contribution in [0.25, 0.3) is 0 Å². The van der Waals surface area contributed by atoms with Crippen molar-refractivity contribution in [2.45, 2.75) is 19.6 Å². The third-order valence-electron chi connectivity index (χ3n) is 3.06. The van der Waals surface area contributed by atoms with Gasteiger partial charge in [-0.15, -0.1) is 0 Å². The monoisotopic (exact) mass is 301 g/mol. The molecule has 0 fully saturated rings. The van der Waals surface area contributed by atoms with Crippen LogP contribution in [0.4, 0.5) is 27.6 Å². The highest BCUT2D eigenvalue weighted by atomic mass is 19.4. The van der Waals surface area contributed by atoms with E-state index in [1.54, 1.807) is 0 Å². The Morgan fingerprint density at radius 2 is 1.76 bits per heavy atom. The van der Waals surface area contributed by atoms with Crippen molar-refractivity contribution in [3.05, 3.63) is 64.7 Å². The predicted molar refractivity (Wildman–Crippen MR) is 69.9 cm³/mol. The molecule has 0 spiro atoms. The standard InChI is InChI=1S/C15H12F5N/c1-9-5-6-11(7-12(9)15(18,19)20)21-8-10-3-2-4-13(16)14(10)17/h2-7,21H,8H2,1H3. The van der Waals surface area contributed by atoms with Crippen LogP contribution in [0.3, 0.4) is 0 Å². The van der Waals surface area contributed by atoms with Crippen LogP contribution in [-0.4, -0.2) is 0 Å². The number of rotatable bonds is 3. The van der Waals surface area contributed by atoms with E-state index < -0.39 is 23.4 Å². The van der Waals surface area contributed by atoms with E-state index in [1.165, 1.54) is 31.2 Å². The van der Waals surface area contributed by atoms with E-state index in [0.29, 0.717) is 0 Å². The highest BCUT2D eigenvalue weighted by Crippen LogP contribution is 2.33. The van der Waals surface area contributed by atoms with Crippen LogP contribution in [0.2, 0.25) is 0 Å². The molecule has 0 unspecified atom stereocenters. The average molecular weight is 301 g/mol. The molecule has 0 atom stereocenters. The zero-order valence-corrected chi connectivity index (χ0v) is 11.1. The van der Waals surface area contributed by atoms with Crippen molar-refractivity contribution in [3.8, 4) is 0 Å². The van der Waals surface area contributed by atoms with Crippen LogP contribution in [-0.2, 0) is 12.7 Å². The highest BCUT2D eigenvalue weighted by molar-refractivity contribution is 5.49. The van der Waals surface area contributed by atoms with Crippen LogP contribution in [0.15, 0.2) is 36.4 Å². The van der Waals surface area contributed by atoms with Crippen molar-refractivity contribution >= 4 is 5.69 Å². The second-order valence-corrected chi connectivity index (χ2v) is 4.59. The van der Waals surface area contributed by atoms with Gasteiger partial charge in [-0.3, -0.25) is 0 Å². The molecule has 0 saturated carbocycles. The summed E-state index contributed by atoms with van der Waals surface area (Å²) < 4.78 is 64.8. The first-order chi connectivity index (χ1) is 9.79. The lowest BCUT2D eigenvalue weighted by atomic mass is 10.1. The molecule has 0 aliphatic heterocycles. The molecule has 0 heterocycles. The second-order valence-electron chi connectivity index (χ2n) is 4.59. The Morgan fingerprint density at radius 3 is 2.43 bits per heavy atom. The molecular formula is C15H12F5N. The molecule has 112 valence electrons. The molecule has 1 N–H and O–H groups in total. The van der Waals surface area contributed by atoms with E-state index >= 15 is 0 Å². The van der Waals surface area contributed by atoms with E-state index in [2.05, 4.69) is 5.32 Å². The minimum Gasteiger partial charge on any atom is -0.381 e. The quantitative estimate of drug-likeness (QED) is 0.795. The first-order valence-electron chi connectivity index (χ1n) is 6.13. The number of hydrogen-bond donors (Lipinski definition) is 1. The summed E-state index contributed by atoms with van der Waals surface area (Å²) in [6.45, 7) is 1.25. The molecule has 0 radical (unpaired) electrons. The maximum atomic E-state index is 13.4. The fraction of sp³-hybridized carbons (Fsp3) is 0.200. The summed E-state index contributed by atoms with van der Waals surface area (Å²) in [4.78, 5) is 0. The van der Waals surface area contributed by atoms with Gasteiger partial charge >= 0.3 is 6.18 Å².